The highest BCUT2D eigenvalue weighted by Crippen LogP contribution is 2.32. The van der Waals surface area contributed by atoms with Crippen molar-refractivity contribution in [3.8, 4) is 0 Å². The van der Waals surface area contributed by atoms with Crippen molar-refractivity contribution in [1.82, 2.24) is 0 Å². The second kappa shape index (κ2) is 5.17. The summed E-state index contributed by atoms with van der Waals surface area (Å²) in [6.07, 6.45) is 2.07. The van der Waals surface area contributed by atoms with E-state index in [0.29, 0.717) is 5.92 Å². The lowest BCUT2D eigenvalue weighted by Crippen LogP contribution is -2.27. The molecule has 0 amide bonds. The van der Waals surface area contributed by atoms with Crippen LogP contribution in [0.5, 0.6) is 0 Å². The van der Waals surface area contributed by atoms with E-state index in [9.17, 15) is 0 Å². The molecule has 1 unspecified atom stereocenters. The third-order valence-corrected chi connectivity index (χ3v) is 3.62. The summed E-state index contributed by atoms with van der Waals surface area (Å²) in [7, 11) is 0. The van der Waals surface area contributed by atoms with Crippen LogP contribution in [0.1, 0.15) is 30.0 Å². The number of rotatable bonds is 2. The molecule has 0 bridgehead atoms. The molecule has 3 heteroatoms. The highest BCUT2D eigenvalue weighted by Gasteiger charge is 2.23. The number of nitrogens with two attached hydrogens (primary N) is 1. The molecule has 2 N–H and O–H groups in total. The van der Waals surface area contributed by atoms with E-state index in [4.69, 9.17) is 22.1 Å². The monoisotopic (exact) mass is 239 g/mol. The Balaban J connectivity index is 2.15. The maximum atomic E-state index is 6.28. The van der Waals surface area contributed by atoms with Crippen LogP contribution in [-0.4, -0.2) is 13.2 Å². The highest BCUT2D eigenvalue weighted by atomic mass is 35.5. The Morgan fingerprint density at radius 3 is 2.69 bits per heavy atom. The van der Waals surface area contributed by atoms with Gasteiger partial charge in [-0.2, -0.15) is 0 Å². The molecule has 1 aromatic rings. The molecule has 1 fully saturated rings. The zero-order valence-electron chi connectivity index (χ0n) is 9.58. The maximum absolute atomic E-state index is 6.28. The smallest absolute Gasteiger partial charge is 0.0469 e. The Hall–Kier alpha value is -0.570. The van der Waals surface area contributed by atoms with Crippen molar-refractivity contribution in [1.29, 1.82) is 0 Å². The summed E-state index contributed by atoms with van der Waals surface area (Å²) in [6, 6.07) is 6.14. The van der Waals surface area contributed by atoms with Crippen molar-refractivity contribution in [2.24, 2.45) is 11.7 Å². The minimum Gasteiger partial charge on any atom is -0.381 e. The van der Waals surface area contributed by atoms with Crippen LogP contribution in [0.2, 0.25) is 5.02 Å². The van der Waals surface area contributed by atoms with Gasteiger partial charge in [0, 0.05) is 24.3 Å². The van der Waals surface area contributed by atoms with Gasteiger partial charge in [0.15, 0.2) is 0 Å². The quantitative estimate of drug-likeness (QED) is 0.861. The summed E-state index contributed by atoms with van der Waals surface area (Å²) in [5, 5.41) is 0.791. The van der Waals surface area contributed by atoms with Gasteiger partial charge in [-0.15, -0.1) is 0 Å². The predicted octanol–water partition coefficient (Wildman–Crippen LogP) is 3.07. The molecule has 1 aliphatic rings. The van der Waals surface area contributed by atoms with Crippen LogP contribution in [0.15, 0.2) is 18.2 Å². The van der Waals surface area contributed by atoms with Gasteiger partial charge in [-0.3, -0.25) is 0 Å². The van der Waals surface area contributed by atoms with Crippen molar-refractivity contribution in [3.63, 3.8) is 0 Å². The number of ether oxygens (including phenoxy) is 1. The van der Waals surface area contributed by atoms with E-state index in [1.807, 2.05) is 13.0 Å². The van der Waals surface area contributed by atoms with E-state index < -0.39 is 0 Å². The summed E-state index contributed by atoms with van der Waals surface area (Å²) in [5.74, 6) is 0.494. The third-order valence-electron chi connectivity index (χ3n) is 3.29. The Morgan fingerprint density at radius 2 is 2.06 bits per heavy atom. The number of halogens is 1. The van der Waals surface area contributed by atoms with Crippen molar-refractivity contribution in [2.75, 3.05) is 13.2 Å². The Bertz CT molecular complexity index is 361. The van der Waals surface area contributed by atoms with Gasteiger partial charge in [0.2, 0.25) is 0 Å². The van der Waals surface area contributed by atoms with Crippen LogP contribution in [0.3, 0.4) is 0 Å². The molecule has 0 spiro atoms. The largest absolute Gasteiger partial charge is 0.381 e. The molecule has 1 aromatic carbocycles. The zero-order chi connectivity index (χ0) is 11.5. The molecule has 0 saturated carbocycles. The van der Waals surface area contributed by atoms with E-state index in [2.05, 4.69) is 12.1 Å². The minimum absolute atomic E-state index is 0.0389. The molecule has 1 aliphatic heterocycles. The van der Waals surface area contributed by atoms with Crippen molar-refractivity contribution >= 4 is 11.6 Å². The van der Waals surface area contributed by atoms with E-state index >= 15 is 0 Å². The summed E-state index contributed by atoms with van der Waals surface area (Å²) in [6.45, 7) is 3.68. The van der Waals surface area contributed by atoms with Gasteiger partial charge in [0.25, 0.3) is 0 Å². The first-order valence-corrected chi connectivity index (χ1v) is 6.15. The van der Waals surface area contributed by atoms with E-state index in [1.165, 1.54) is 5.56 Å². The fourth-order valence-electron chi connectivity index (χ4n) is 2.23. The van der Waals surface area contributed by atoms with E-state index in [0.717, 1.165) is 36.6 Å². The summed E-state index contributed by atoms with van der Waals surface area (Å²) in [5.41, 5.74) is 8.52. The van der Waals surface area contributed by atoms with Gasteiger partial charge in [0.1, 0.15) is 0 Å². The van der Waals surface area contributed by atoms with Crippen LogP contribution < -0.4 is 5.73 Å². The molecule has 0 aliphatic carbocycles. The summed E-state index contributed by atoms with van der Waals surface area (Å²) in [4.78, 5) is 0. The standard InChI is InChI=1S/C13H18ClNO/c1-9-2-3-11(12(14)8-9)13(15)10-4-6-16-7-5-10/h2-3,8,10,13H,4-7,15H2,1H3. The van der Waals surface area contributed by atoms with Crippen LogP contribution >= 0.6 is 11.6 Å². The van der Waals surface area contributed by atoms with Gasteiger partial charge in [0.05, 0.1) is 0 Å². The molecule has 1 atom stereocenters. The lowest BCUT2D eigenvalue weighted by atomic mass is 9.87. The Morgan fingerprint density at radius 1 is 1.38 bits per heavy atom. The fraction of sp³-hybridized carbons (Fsp3) is 0.538. The van der Waals surface area contributed by atoms with Crippen LogP contribution in [0.25, 0.3) is 0 Å². The average Bonchev–Trinajstić information content (AvgIpc) is 2.29. The first kappa shape index (κ1) is 11.9. The first-order valence-electron chi connectivity index (χ1n) is 5.78. The summed E-state index contributed by atoms with van der Waals surface area (Å²) < 4.78 is 5.35. The fourth-order valence-corrected chi connectivity index (χ4v) is 2.59. The first-order chi connectivity index (χ1) is 7.68. The van der Waals surface area contributed by atoms with Crippen LogP contribution in [-0.2, 0) is 4.74 Å². The normalized spacial score (nSPS) is 19.7. The topological polar surface area (TPSA) is 35.2 Å². The number of benzene rings is 1. The average molecular weight is 240 g/mol. The molecular formula is C13H18ClNO. The second-order valence-corrected chi connectivity index (χ2v) is 4.91. The van der Waals surface area contributed by atoms with Gasteiger partial charge < -0.3 is 10.5 Å². The Labute approximate surface area is 102 Å². The van der Waals surface area contributed by atoms with Crippen molar-refractivity contribution in [2.45, 2.75) is 25.8 Å². The molecule has 16 heavy (non-hydrogen) atoms. The molecule has 2 rings (SSSR count). The Kier molecular flexibility index (Phi) is 3.85. The van der Waals surface area contributed by atoms with E-state index in [-0.39, 0.29) is 6.04 Å². The molecular weight excluding hydrogens is 222 g/mol. The van der Waals surface area contributed by atoms with Crippen LogP contribution in [0, 0.1) is 12.8 Å². The molecule has 1 saturated heterocycles. The number of hydrogen-bond acceptors (Lipinski definition) is 2. The third kappa shape index (κ3) is 2.57. The predicted molar refractivity (Wildman–Crippen MR) is 66.7 cm³/mol. The number of hydrogen-bond donors (Lipinski definition) is 1. The molecule has 88 valence electrons. The van der Waals surface area contributed by atoms with Gasteiger partial charge >= 0.3 is 0 Å². The molecule has 0 aromatic heterocycles. The van der Waals surface area contributed by atoms with Gasteiger partial charge in [-0.1, -0.05) is 23.7 Å². The molecule has 2 nitrogen and oxygen atoms in total. The minimum atomic E-state index is 0.0389. The van der Waals surface area contributed by atoms with Crippen LogP contribution in [0.4, 0.5) is 0 Å². The maximum Gasteiger partial charge on any atom is 0.0469 e. The zero-order valence-corrected chi connectivity index (χ0v) is 10.3. The second-order valence-electron chi connectivity index (χ2n) is 4.50. The van der Waals surface area contributed by atoms with E-state index in [1.54, 1.807) is 0 Å². The number of aryl methyl sites for hydroxylation is 1. The molecule has 1 heterocycles. The lowest BCUT2D eigenvalue weighted by Gasteiger charge is -2.28. The van der Waals surface area contributed by atoms with Crippen molar-refractivity contribution in [3.05, 3.63) is 34.3 Å². The van der Waals surface area contributed by atoms with Gasteiger partial charge in [-0.05, 0) is 42.9 Å². The highest BCUT2D eigenvalue weighted by molar-refractivity contribution is 6.31. The summed E-state index contributed by atoms with van der Waals surface area (Å²) >= 11 is 6.23. The van der Waals surface area contributed by atoms with Crippen molar-refractivity contribution < 1.29 is 4.74 Å². The SMILES string of the molecule is Cc1ccc(C(N)C2CCOCC2)c(Cl)c1. The lowest BCUT2D eigenvalue weighted by molar-refractivity contribution is 0.0584. The molecule has 0 radical (unpaired) electrons. The van der Waals surface area contributed by atoms with Gasteiger partial charge in [-0.25, -0.2) is 0 Å².